The van der Waals surface area contributed by atoms with Crippen LogP contribution < -0.4 is 0 Å². The van der Waals surface area contributed by atoms with Crippen molar-refractivity contribution < 1.29 is 36.4 Å². The second-order valence-electron chi connectivity index (χ2n) is 3.96. The molecule has 0 atom stereocenters. The summed E-state index contributed by atoms with van der Waals surface area (Å²) in [6.07, 6.45) is 4.11. The number of hydrogen-bond acceptors (Lipinski definition) is 4. The topological polar surface area (TPSA) is 55.8 Å². The second-order valence-corrected chi connectivity index (χ2v) is 3.96. The van der Waals surface area contributed by atoms with Gasteiger partial charge >= 0.3 is 5.97 Å². The normalized spacial score (nSPS) is 14.8. The van der Waals surface area contributed by atoms with Crippen molar-refractivity contribution >= 4 is 5.97 Å². The summed E-state index contributed by atoms with van der Waals surface area (Å²) in [6, 6.07) is 10.0. The Balaban J connectivity index is 0.000000562. The van der Waals surface area contributed by atoms with Crippen LogP contribution in [-0.4, -0.2) is 25.3 Å². The SMILES string of the molecule is CCC1=C(C(=O)OC)/C(=C(/O)OC)C=C1.[Fe].c1cc[cH-]c1. The maximum atomic E-state index is 11.5. The van der Waals surface area contributed by atoms with Crippen molar-refractivity contribution in [2.24, 2.45) is 0 Å². The van der Waals surface area contributed by atoms with Gasteiger partial charge < -0.3 is 14.6 Å². The molecule has 0 saturated heterocycles. The standard InChI is InChI=1S/C11H14O4.C5H5.Fe/c1-4-7-5-6-8(10(12)14-2)9(7)11(13)15-3;1-2-4-5-3-1;/h5-6,12H,4H2,1-3H3;1-5H;/q;-1;/b10-8-;;. The van der Waals surface area contributed by atoms with Gasteiger partial charge in [-0.15, -0.1) is 0 Å². The molecule has 0 radical (unpaired) electrons. The van der Waals surface area contributed by atoms with Crippen LogP contribution in [0.3, 0.4) is 0 Å². The van der Waals surface area contributed by atoms with Crippen LogP contribution in [0.1, 0.15) is 13.3 Å². The molecule has 2 rings (SSSR count). The second kappa shape index (κ2) is 9.97. The molecule has 0 aliphatic heterocycles. The first kappa shape index (κ1) is 19.2. The van der Waals surface area contributed by atoms with Crippen molar-refractivity contribution in [2.45, 2.75) is 13.3 Å². The molecular formula is C16H19FeO4-. The minimum atomic E-state index is -0.463. The first-order chi connectivity index (χ1) is 9.65. The molecule has 0 heterocycles. The molecule has 4 nitrogen and oxygen atoms in total. The van der Waals surface area contributed by atoms with Crippen LogP contribution in [0.2, 0.25) is 0 Å². The first-order valence-corrected chi connectivity index (χ1v) is 6.29. The predicted molar refractivity (Wildman–Crippen MR) is 77.2 cm³/mol. The Labute approximate surface area is 135 Å². The number of esters is 1. The summed E-state index contributed by atoms with van der Waals surface area (Å²) in [6.45, 7) is 1.93. The van der Waals surface area contributed by atoms with E-state index in [9.17, 15) is 9.90 Å². The number of methoxy groups -OCH3 is 2. The van der Waals surface area contributed by atoms with Gasteiger partial charge in [-0.25, -0.2) is 16.9 Å². The van der Waals surface area contributed by atoms with E-state index in [0.717, 1.165) is 5.57 Å². The molecule has 0 unspecified atom stereocenters. The van der Waals surface area contributed by atoms with Crippen LogP contribution in [-0.2, 0) is 31.3 Å². The number of allylic oxidation sites excluding steroid dienone is 3. The van der Waals surface area contributed by atoms with Gasteiger partial charge in [-0.2, -0.15) is 18.2 Å². The average Bonchev–Trinajstić information content (AvgIpc) is 3.17. The fraction of sp³-hybridized carbons (Fsp3) is 0.250. The fourth-order valence-corrected chi connectivity index (χ4v) is 1.77. The molecule has 116 valence electrons. The molecule has 0 amide bonds. The number of carbonyl (C=O) groups excluding carboxylic acids is 1. The van der Waals surface area contributed by atoms with E-state index in [1.807, 2.05) is 37.3 Å². The minimum Gasteiger partial charge on any atom is -0.481 e. The van der Waals surface area contributed by atoms with Gasteiger partial charge in [0, 0.05) is 17.1 Å². The summed E-state index contributed by atoms with van der Waals surface area (Å²) in [5.41, 5.74) is 1.58. The molecule has 0 spiro atoms. The Bertz CT molecular complexity index is 507. The molecule has 21 heavy (non-hydrogen) atoms. The number of rotatable bonds is 3. The van der Waals surface area contributed by atoms with Crippen molar-refractivity contribution in [3.8, 4) is 0 Å². The zero-order valence-corrected chi connectivity index (χ0v) is 13.4. The van der Waals surface area contributed by atoms with Gasteiger partial charge in [0.2, 0.25) is 0 Å². The van der Waals surface area contributed by atoms with Gasteiger partial charge in [0.25, 0.3) is 5.95 Å². The average molecular weight is 331 g/mol. The van der Waals surface area contributed by atoms with Crippen LogP contribution in [0.5, 0.6) is 0 Å². The molecular weight excluding hydrogens is 312 g/mol. The summed E-state index contributed by atoms with van der Waals surface area (Å²) < 4.78 is 9.35. The molecule has 1 N–H and O–H groups in total. The number of carbonyl (C=O) groups is 1. The van der Waals surface area contributed by atoms with E-state index in [4.69, 9.17) is 4.74 Å². The number of ether oxygens (including phenoxy) is 2. The Hall–Kier alpha value is -1.84. The monoisotopic (exact) mass is 331 g/mol. The molecule has 1 aromatic carbocycles. The van der Waals surface area contributed by atoms with E-state index in [1.165, 1.54) is 14.2 Å². The van der Waals surface area contributed by atoms with Crippen molar-refractivity contribution in [3.63, 3.8) is 0 Å². The summed E-state index contributed by atoms with van der Waals surface area (Å²) in [5.74, 6) is -0.731. The maximum Gasteiger partial charge on any atom is 0.339 e. The minimum absolute atomic E-state index is 0. The Morgan fingerprint density at radius 1 is 1.19 bits per heavy atom. The molecule has 1 aliphatic rings. The van der Waals surface area contributed by atoms with Gasteiger partial charge in [0.05, 0.1) is 25.4 Å². The third-order valence-corrected chi connectivity index (χ3v) is 2.79. The Morgan fingerprint density at radius 2 is 1.81 bits per heavy atom. The van der Waals surface area contributed by atoms with Crippen LogP contribution >= 0.6 is 0 Å². The van der Waals surface area contributed by atoms with Crippen molar-refractivity contribution in [1.29, 1.82) is 0 Å². The third-order valence-electron chi connectivity index (χ3n) is 2.79. The predicted octanol–water partition coefficient (Wildman–Crippen LogP) is 3.25. The molecule has 5 heteroatoms. The largest absolute Gasteiger partial charge is 0.481 e. The van der Waals surface area contributed by atoms with Crippen molar-refractivity contribution in [1.82, 2.24) is 0 Å². The Morgan fingerprint density at radius 3 is 2.19 bits per heavy atom. The van der Waals surface area contributed by atoms with Gasteiger partial charge in [0.1, 0.15) is 0 Å². The smallest absolute Gasteiger partial charge is 0.339 e. The fourth-order valence-electron chi connectivity index (χ4n) is 1.77. The number of aliphatic hydroxyl groups is 1. The van der Waals surface area contributed by atoms with Crippen LogP contribution in [0, 0.1) is 0 Å². The zero-order valence-electron chi connectivity index (χ0n) is 12.3. The van der Waals surface area contributed by atoms with E-state index in [1.54, 1.807) is 12.2 Å². The van der Waals surface area contributed by atoms with E-state index < -0.39 is 5.97 Å². The van der Waals surface area contributed by atoms with Crippen molar-refractivity contribution in [3.05, 3.63) is 65.1 Å². The summed E-state index contributed by atoms with van der Waals surface area (Å²) in [4.78, 5) is 11.5. The summed E-state index contributed by atoms with van der Waals surface area (Å²) >= 11 is 0. The van der Waals surface area contributed by atoms with E-state index in [-0.39, 0.29) is 23.0 Å². The maximum absolute atomic E-state index is 11.5. The quantitative estimate of drug-likeness (QED) is 0.400. The van der Waals surface area contributed by atoms with Crippen LogP contribution in [0.15, 0.2) is 65.1 Å². The van der Waals surface area contributed by atoms with E-state index in [2.05, 4.69) is 4.74 Å². The molecule has 0 saturated carbocycles. The van der Waals surface area contributed by atoms with E-state index >= 15 is 0 Å². The van der Waals surface area contributed by atoms with Gasteiger partial charge in [0.15, 0.2) is 0 Å². The Kier molecular flexibility index (Phi) is 9.10. The summed E-state index contributed by atoms with van der Waals surface area (Å²) in [5, 5.41) is 9.45. The zero-order chi connectivity index (χ0) is 15.0. The molecule has 0 fully saturated rings. The van der Waals surface area contributed by atoms with Gasteiger partial charge in [-0.3, -0.25) is 0 Å². The first-order valence-electron chi connectivity index (χ1n) is 6.29. The number of hydrogen-bond donors (Lipinski definition) is 1. The van der Waals surface area contributed by atoms with Crippen LogP contribution in [0.25, 0.3) is 0 Å². The summed E-state index contributed by atoms with van der Waals surface area (Å²) in [7, 11) is 2.65. The van der Waals surface area contributed by atoms with Crippen LogP contribution in [0.4, 0.5) is 0 Å². The molecule has 1 aromatic rings. The van der Waals surface area contributed by atoms with Gasteiger partial charge in [-0.05, 0) is 18.1 Å². The molecule has 0 aromatic heterocycles. The third kappa shape index (κ3) is 5.21. The molecule has 1 aliphatic carbocycles. The van der Waals surface area contributed by atoms with Crippen molar-refractivity contribution in [2.75, 3.05) is 14.2 Å². The molecule has 0 bridgehead atoms. The van der Waals surface area contributed by atoms with Gasteiger partial charge in [-0.1, -0.05) is 13.0 Å². The number of aliphatic hydroxyl groups excluding tert-OH is 1. The van der Waals surface area contributed by atoms with E-state index in [0.29, 0.717) is 17.6 Å².